The second-order valence-corrected chi connectivity index (χ2v) is 8.46. The quantitative estimate of drug-likeness (QED) is 0.392. The van der Waals surface area contributed by atoms with Gasteiger partial charge in [0.25, 0.3) is 5.91 Å². The third kappa shape index (κ3) is 6.30. The molecule has 2 aromatic carbocycles. The molecule has 0 radical (unpaired) electrons. The number of nitrogens with one attached hydrogen (secondary N) is 1. The Kier molecular flexibility index (Phi) is 8.42. The van der Waals surface area contributed by atoms with Crippen molar-refractivity contribution in [2.45, 2.75) is 46.1 Å². The lowest BCUT2D eigenvalue weighted by molar-refractivity contribution is 0.0944. The molecule has 3 rings (SSSR count). The van der Waals surface area contributed by atoms with E-state index in [1.165, 1.54) is 18.2 Å². The van der Waals surface area contributed by atoms with Crippen LogP contribution in [-0.4, -0.2) is 22.7 Å². The molecule has 1 unspecified atom stereocenters. The number of hydrogen-bond acceptors (Lipinski definition) is 4. The number of carbonyl (C=O) groups is 1. The van der Waals surface area contributed by atoms with Crippen LogP contribution in [-0.2, 0) is 0 Å². The van der Waals surface area contributed by atoms with Crippen LogP contribution in [0.1, 0.15) is 70.8 Å². The van der Waals surface area contributed by atoms with Gasteiger partial charge in [0.15, 0.2) is 11.5 Å². The highest BCUT2D eigenvalue weighted by Gasteiger charge is 2.22. The standard InChI is InChI=1S/C26H28ClFN2O3/c1-4-5-6-18(20-14-19(27)9-8-17(20)3)11-12-29-26(32)23-15-24(33-30-23)25(31)21-13-16(2)7-10-22(21)28/h6-10,13-15,25,31H,4-5,11-12H2,1-3H3,(H,29,32)/b18-6-. The number of allylic oxidation sites excluding steroid dienone is 1. The van der Waals surface area contributed by atoms with E-state index in [-0.39, 0.29) is 17.0 Å². The van der Waals surface area contributed by atoms with Gasteiger partial charge in [-0.25, -0.2) is 4.39 Å². The van der Waals surface area contributed by atoms with Crippen molar-refractivity contribution in [3.05, 3.63) is 93.1 Å². The fourth-order valence-corrected chi connectivity index (χ4v) is 3.73. The van der Waals surface area contributed by atoms with Crippen molar-refractivity contribution in [3.63, 3.8) is 0 Å². The smallest absolute Gasteiger partial charge is 0.273 e. The molecular weight excluding hydrogens is 443 g/mol. The third-order valence-electron chi connectivity index (χ3n) is 5.38. The van der Waals surface area contributed by atoms with Gasteiger partial charge in [-0.05, 0) is 61.6 Å². The first kappa shape index (κ1) is 24.7. The Morgan fingerprint density at radius 2 is 2.03 bits per heavy atom. The lowest BCUT2D eigenvalue weighted by atomic mass is 9.96. The number of aliphatic hydroxyl groups is 1. The molecule has 0 bridgehead atoms. The van der Waals surface area contributed by atoms with E-state index in [0.29, 0.717) is 18.0 Å². The van der Waals surface area contributed by atoms with Gasteiger partial charge in [0.2, 0.25) is 0 Å². The summed E-state index contributed by atoms with van der Waals surface area (Å²) in [7, 11) is 0. The average molecular weight is 471 g/mol. The first-order valence-corrected chi connectivity index (χ1v) is 11.3. The van der Waals surface area contributed by atoms with Crippen LogP contribution in [0.4, 0.5) is 4.39 Å². The number of aliphatic hydroxyl groups excluding tert-OH is 1. The number of benzene rings is 2. The summed E-state index contributed by atoms with van der Waals surface area (Å²) in [5.41, 5.74) is 4.19. The van der Waals surface area contributed by atoms with Crippen LogP contribution in [0.15, 0.2) is 53.1 Å². The van der Waals surface area contributed by atoms with Crippen molar-refractivity contribution in [1.82, 2.24) is 10.5 Å². The number of unbranched alkanes of at least 4 members (excludes halogenated alkanes) is 1. The van der Waals surface area contributed by atoms with E-state index >= 15 is 0 Å². The molecule has 3 aromatic rings. The first-order chi connectivity index (χ1) is 15.8. The molecule has 1 amide bonds. The molecule has 33 heavy (non-hydrogen) atoms. The van der Waals surface area contributed by atoms with Crippen molar-refractivity contribution in [2.75, 3.05) is 6.54 Å². The lowest BCUT2D eigenvalue weighted by Gasteiger charge is -2.12. The van der Waals surface area contributed by atoms with Gasteiger partial charge in [0.05, 0.1) is 0 Å². The maximum atomic E-state index is 14.1. The molecule has 1 atom stereocenters. The molecule has 0 saturated heterocycles. The molecule has 0 aliphatic heterocycles. The van der Waals surface area contributed by atoms with Gasteiger partial charge in [0.1, 0.15) is 11.9 Å². The Morgan fingerprint density at radius 1 is 1.24 bits per heavy atom. The first-order valence-electron chi connectivity index (χ1n) is 10.9. The summed E-state index contributed by atoms with van der Waals surface area (Å²) in [6.45, 7) is 6.32. The highest BCUT2D eigenvalue weighted by atomic mass is 35.5. The monoisotopic (exact) mass is 470 g/mol. The molecule has 1 aromatic heterocycles. The number of amides is 1. The molecule has 2 N–H and O–H groups in total. The van der Waals surface area contributed by atoms with Crippen molar-refractivity contribution in [3.8, 4) is 0 Å². The number of rotatable bonds is 9. The van der Waals surface area contributed by atoms with Crippen LogP contribution in [0, 0.1) is 19.7 Å². The minimum atomic E-state index is -1.35. The highest BCUT2D eigenvalue weighted by molar-refractivity contribution is 6.30. The molecule has 0 saturated carbocycles. The van der Waals surface area contributed by atoms with Crippen molar-refractivity contribution in [2.24, 2.45) is 0 Å². The van der Waals surface area contributed by atoms with E-state index in [4.69, 9.17) is 16.1 Å². The van der Waals surface area contributed by atoms with Crippen molar-refractivity contribution >= 4 is 23.1 Å². The molecule has 0 aliphatic rings. The zero-order chi connectivity index (χ0) is 24.0. The number of nitrogens with zero attached hydrogens (tertiary/aromatic N) is 1. The summed E-state index contributed by atoms with van der Waals surface area (Å²) < 4.78 is 19.2. The summed E-state index contributed by atoms with van der Waals surface area (Å²) >= 11 is 6.19. The molecule has 0 spiro atoms. The van der Waals surface area contributed by atoms with Crippen LogP contribution in [0.2, 0.25) is 5.02 Å². The van der Waals surface area contributed by atoms with E-state index in [1.54, 1.807) is 13.0 Å². The largest absolute Gasteiger partial charge is 0.380 e. The van der Waals surface area contributed by atoms with Gasteiger partial charge in [-0.15, -0.1) is 0 Å². The Balaban J connectivity index is 1.66. The number of aromatic nitrogens is 1. The SMILES string of the molecule is CCC/C=C(/CCNC(=O)c1cc(C(O)c2cc(C)ccc2F)on1)c1cc(Cl)ccc1C. The molecule has 7 heteroatoms. The zero-order valence-corrected chi connectivity index (χ0v) is 19.7. The van der Waals surface area contributed by atoms with E-state index in [1.807, 2.05) is 25.1 Å². The summed E-state index contributed by atoms with van der Waals surface area (Å²) in [5.74, 6) is -0.986. The zero-order valence-electron chi connectivity index (χ0n) is 19.0. The Hall–Kier alpha value is -2.96. The predicted molar refractivity (Wildman–Crippen MR) is 128 cm³/mol. The summed E-state index contributed by atoms with van der Waals surface area (Å²) in [6.07, 6.45) is 3.38. The van der Waals surface area contributed by atoms with Crippen LogP contribution < -0.4 is 5.32 Å². The molecule has 0 aliphatic carbocycles. The topological polar surface area (TPSA) is 75.4 Å². The lowest BCUT2D eigenvalue weighted by Crippen LogP contribution is -2.25. The van der Waals surface area contributed by atoms with Crippen molar-refractivity contribution in [1.29, 1.82) is 0 Å². The summed E-state index contributed by atoms with van der Waals surface area (Å²) in [4.78, 5) is 12.6. The van der Waals surface area contributed by atoms with E-state index < -0.39 is 17.8 Å². The molecule has 174 valence electrons. The normalized spacial score (nSPS) is 12.6. The highest BCUT2D eigenvalue weighted by Crippen LogP contribution is 2.27. The maximum absolute atomic E-state index is 14.1. The Bertz CT molecular complexity index is 1160. The van der Waals surface area contributed by atoms with Gasteiger partial charge >= 0.3 is 0 Å². The van der Waals surface area contributed by atoms with E-state index in [0.717, 1.165) is 35.1 Å². The minimum Gasteiger partial charge on any atom is -0.380 e. The average Bonchev–Trinajstić information content (AvgIpc) is 3.29. The number of carbonyl (C=O) groups excluding carboxylic acids is 1. The second kappa shape index (κ2) is 11.3. The number of halogens is 2. The molecular formula is C26H28ClFN2O3. The number of hydrogen-bond donors (Lipinski definition) is 2. The van der Waals surface area contributed by atoms with Gasteiger partial charge in [-0.3, -0.25) is 4.79 Å². The Labute approximate surface area is 198 Å². The molecule has 1 heterocycles. The second-order valence-electron chi connectivity index (χ2n) is 8.03. The summed E-state index contributed by atoms with van der Waals surface area (Å²) in [5, 5.41) is 17.7. The van der Waals surface area contributed by atoms with Crippen LogP contribution >= 0.6 is 11.6 Å². The van der Waals surface area contributed by atoms with Crippen LogP contribution in [0.5, 0.6) is 0 Å². The predicted octanol–water partition coefficient (Wildman–Crippen LogP) is 6.17. The van der Waals surface area contributed by atoms with Gasteiger partial charge in [-0.2, -0.15) is 0 Å². The number of aryl methyl sites for hydroxylation is 2. The molecule has 5 nitrogen and oxygen atoms in total. The van der Waals surface area contributed by atoms with Crippen LogP contribution in [0.3, 0.4) is 0 Å². The van der Waals surface area contributed by atoms with E-state index in [9.17, 15) is 14.3 Å². The summed E-state index contributed by atoms with van der Waals surface area (Å²) in [6, 6.07) is 11.5. The fraction of sp³-hybridized carbons (Fsp3) is 0.308. The third-order valence-corrected chi connectivity index (χ3v) is 5.62. The maximum Gasteiger partial charge on any atom is 0.273 e. The van der Waals surface area contributed by atoms with E-state index in [2.05, 4.69) is 23.5 Å². The van der Waals surface area contributed by atoms with Gasteiger partial charge in [0, 0.05) is 23.2 Å². The van der Waals surface area contributed by atoms with Crippen LogP contribution in [0.25, 0.3) is 5.57 Å². The van der Waals surface area contributed by atoms with Gasteiger partial charge < -0.3 is 14.9 Å². The minimum absolute atomic E-state index is 0.00253. The van der Waals surface area contributed by atoms with Crippen molar-refractivity contribution < 1.29 is 18.8 Å². The fourth-order valence-electron chi connectivity index (χ4n) is 3.56. The molecule has 0 fully saturated rings. The van der Waals surface area contributed by atoms with Gasteiger partial charge in [-0.1, -0.05) is 59.9 Å². The Morgan fingerprint density at radius 3 is 2.79 bits per heavy atom.